The van der Waals surface area contributed by atoms with E-state index in [1.807, 2.05) is 4.52 Å². The molecule has 2 unspecified atom stereocenters. The number of aromatic nitrogens is 4. The van der Waals surface area contributed by atoms with E-state index in [9.17, 15) is 4.79 Å². The molecule has 0 aromatic carbocycles. The molecule has 2 aromatic heterocycles. The van der Waals surface area contributed by atoms with Crippen LogP contribution < -0.4 is 0 Å². The molecule has 1 fully saturated rings. The maximum absolute atomic E-state index is 11.0. The molecule has 1 saturated carbocycles. The first-order valence-corrected chi connectivity index (χ1v) is 7.63. The number of hydrogen-bond donors (Lipinski definition) is 1. The molecule has 6 nitrogen and oxygen atoms in total. The minimum atomic E-state index is -0.689. The Morgan fingerprint density at radius 3 is 2.70 bits per heavy atom. The Bertz CT molecular complexity index is 655. The topological polar surface area (TPSA) is 80.4 Å². The van der Waals surface area contributed by atoms with Crippen molar-refractivity contribution in [1.82, 2.24) is 19.8 Å². The van der Waals surface area contributed by atoms with Crippen LogP contribution in [-0.4, -0.2) is 30.9 Å². The van der Waals surface area contributed by atoms with Gasteiger partial charge in [-0.05, 0) is 19.3 Å². The van der Waals surface area contributed by atoms with E-state index in [0.717, 1.165) is 28.6 Å². The van der Waals surface area contributed by atoms with Gasteiger partial charge in [0.1, 0.15) is 5.01 Å². The van der Waals surface area contributed by atoms with E-state index >= 15 is 0 Å². The molecule has 2 heterocycles. The first kappa shape index (κ1) is 13.5. The third-order valence-electron chi connectivity index (χ3n) is 3.81. The van der Waals surface area contributed by atoms with Gasteiger partial charge in [-0.2, -0.15) is 9.61 Å². The van der Waals surface area contributed by atoms with Crippen LogP contribution in [0.25, 0.3) is 4.96 Å². The lowest BCUT2D eigenvalue weighted by Crippen LogP contribution is -2.16. The lowest BCUT2D eigenvalue weighted by Gasteiger charge is -2.13. The van der Waals surface area contributed by atoms with Crippen LogP contribution in [0.2, 0.25) is 0 Å². The lowest BCUT2D eigenvalue weighted by atomic mass is 9.96. The van der Waals surface area contributed by atoms with Crippen LogP contribution in [0.15, 0.2) is 0 Å². The molecule has 0 amide bonds. The summed E-state index contributed by atoms with van der Waals surface area (Å²) < 4.78 is 1.81. The van der Waals surface area contributed by atoms with E-state index in [-0.39, 0.29) is 17.3 Å². The van der Waals surface area contributed by atoms with Crippen molar-refractivity contribution in [3.05, 3.63) is 10.8 Å². The van der Waals surface area contributed by atoms with Crippen LogP contribution in [0.1, 0.15) is 56.8 Å². The molecule has 0 saturated heterocycles. The van der Waals surface area contributed by atoms with Crippen molar-refractivity contribution in [1.29, 1.82) is 0 Å². The Balaban J connectivity index is 1.91. The zero-order valence-electron chi connectivity index (χ0n) is 11.8. The summed E-state index contributed by atoms with van der Waals surface area (Å²) in [4.78, 5) is 11.8. The second-order valence-electron chi connectivity index (χ2n) is 6.45. The highest BCUT2D eigenvalue weighted by molar-refractivity contribution is 7.16. The highest BCUT2D eigenvalue weighted by atomic mass is 32.1. The second kappa shape index (κ2) is 4.51. The Labute approximate surface area is 120 Å². The maximum atomic E-state index is 11.0. The summed E-state index contributed by atoms with van der Waals surface area (Å²) in [6, 6.07) is 0. The van der Waals surface area contributed by atoms with Gasteiger partial charge in [-0.1, -0.05) is 32.1 Å². The molecule has 0 aliphatic heterocycles. The Morgan fingerprint density at radius 2 is 2.10 bits per heavy atom. The third-order valence-corrected chi connectivity index (χ3v) is 4.87. The summed E-state index contributed by atoms with van der Waals surface area (Å²) in [5.41, 5.74) is -0.107. The van der Waals surface area contributed by atoms with Crippen molar-refractivity contribution in [2.75, 3.05) is 0 Å². The molecule has 3 rings (SSSR count). The predicted octanol–water partition coefficient (Wildman–Crippen LogP) is 2.45. The largest absolute Gasteiger partial charge is 0.481 e. The molecule has 108 valence electrons. The standard InChI is InChI=1S/C13H18N4O2S/c1-13(2,3)11-14-15-12-17(11)16-9(20-12)7-4-5-8(6-7)10(18)19/h7-8H,4-6H2,1-3H3,(H,18,19). The molecule has 2 aromatic rings. The lowest BCUT2D eigenvalue weighted by molar-refractivity contribution is -0.141. The first-order valence-electron chi connectivity index (χ1n) is 6.81. The third kappa shape index (κ3) is 2.19. The summed E-state index contributed by atoms with van der Waals surface area (Å²) in [7, 11) is 0. The van der Waals surface area contributed by atoms with E-state index in [4.69, 9.17) is 5.11 Å². The number of aliphatic carboxylic acids is 1. The van der Waals surface area contributed by atoms with Gasteiger partial charge in [0.15, 0.2) is 5.82 Å². The number of fused-ring (bicyclic) bond motifs is 1. The summed E-state index contributed by atoms with van der Waals surface area (Å²) >= 11 is 1.53. The van der Waals surface area contributed by atoms with E-state index in [1.165, 1.54) is 11.3 Å². The Kier molecular flexibility index (Phi) is 3.04. The van der Waals surface area contributed by atoms with Crippen LogP contribution in [0.5, 0.6) is 0 Å². The van der Waals surface area contributed by atoms with Gasteiger partial charge >= 0.3 is 5.97 Å². The van der Waals surface area contributed by atoms with Crippen molar-refractivity contribution in [2.45, 2.75) is 51.4 Å². The number of hydrogen-bond acceptors (Lipinski definition) is 5. The molecule has 0 bridgehead atoms. The van der Waals surface area contributed by atoms with Crippen LogP contribution in [0.3, 0.4) is 0 Å². The van der Waals surface area contributed by atoms with Gasteiger partial charge in [-0.3, -0.25) is 4.79 Å². The van der Waals surface area contributed by atoms with Crippen molar-refractivity contribution in [3.8, 4) is 0 Å². The van der Waals surface area contributed by atoms with Crippen molar-refractivity contribution in [3.63, 3.8) is 0 Å². The van der Waals surface area contributed by atoms with E-state index in [1.54, 1.807) is 0 Å². The van der Waals surface area contributed by atoms with E-state index in [2.05, 4.69) is 36.1 Å². The van der Waals surface area contributed by atoms with Crippen LogP contribution >= 0.6 is 11.3 Å². The quantitative estimate of drug-likeness (QED) is 0.920. The zero-order chi connectivity index (χ0) is 14.5. The molecular weight excluding hydrogens is 276 g/mol. The van der Waals surface area contributed by atoms with Crippen LogP contribution in [0, 0.1) is 5.92 Å². The predicted molar refractivity (Wildman–Crippen MR) is 75.1 cm³/mol. The number of nitrogens with zero attached hydrogens (tertiary/aromatic N) is 4. The molecule has 7 heteroatoms. The summed E-state index contributed by atoms with van der Waals surface area (Å²) in [6.07, 6.45) is 2.32. The molecule has 20 heavy (non-hydrogen) atoms. The van der Waals surface area contributed by atoms with Gasteiger partial charge in [-0.15, -0.1) is 10.2 Å². The minimum Gasteiger partial charge on any atom is -0.481 e. The number of rotatable bonds is 2. The van der Waals surface area contributed by atoms with E-state index < -0.39 is 5.97 Å². The minimum absolute atomic E-state index is 0.107. The van der Waals surface area contributed by atoms with E-state index in [0.29, 0.717) is 6.42 Å². The smallest absolute Gasteiger partial charge is 0.306 e. The monoisotopic (exact) mass is 294 g/mol. The molecule has 1 aliphatic rings. The fourth-order valence-corrected chi connectivity index (χ4v) is 3.68. The molecule has 1 N–H and O–H groups in total. The van der Waals surface area contributed by atoms with Crippen LogP contribution in [0.4, 0.5) is 0 Å². The molecule has 2 atom stereocenters. The van der Waals surface area contributed by atoms with Gasteiger partial charge in [0.2, 0.25) is 4.96 Å². The highest BCUT2D eigenvalue weighted by Gasteiger charge is 2.33. The van der Waals surface area contributed by atoms with Crippen molar-refractivity contribution >= 4 is 22.3 Å². The molecule has 1 aliphatic carbocycles. The van der Waals surface area contributed by atoms with Gasteiger partial charge in [0.05, 0.1) is 5.92 Å². The second-order valence-corrected chi connectivity index (χ2v) is 7.44. The normalized spacial score (nSPS) is 23.6. The summed E-state index contributed by atoms with van der Waals surface area (Å²) in [6.45, 7) is 6.25. The summed E-state index contributed by atoms with van der Waals surface area (Å²) in [5.74, 6) is 0.181. The number of carboxylic acid groups (broad SMARTS) is 1. The number of carboxylic acids is 1. The van der Waals surface area contributed by atoms with Gasteiger partial charge in [0, 0.05) is 11.3 Å². The number of carbonyl (C=O) groups is 1. The van der Waals surface area contributed by atoms with Crippen molar-refractivity contribution < 1.29 is 9.90 Å². The fourth-order valence-electron chi connectivity index (χ4n) is 2.69. The Hall–Kier alpha value is -1.50. The van der Waals surface area contributed by atoms with Gasteiger partial charge in [-0.25, -0.2) is 0 Å². The van der Waals surface area contributed by atoms with Gasteiger partial charge < -0.3 is 5.11 Å². The highest BCUT2D eigenvalue weighted by Crippen LogP contribution is 2.40. The van der Waals surface area contributed by atoms with Crippen LogP contribution in [-0.2, 0) is 10.2 Å². The maximum Gasteiger partial charge on any atom is 0.306 e. The zero-order valence-corrected chi connectivity index (χ0v) is 12.6. The van der Waals surface area contributed by atoms with Crippen molar-refractivity contribution in [2.24, 2.45) is 5.92 Å². The first-order chi connectivity index (χ1) is 9.36. The SMILES string of the molecule is CC(C)(C)c1nnc2sc(C3CCC(C(=O)O)C3)nn12. The average molecular weight is 294 g/mol. The molecule has 0 radical (unpaired) electrons. The molecule has 0 spiro atoms. The summed E-state index contributed by atoms with van der Waals surface area (Å²) in [5, 5.41) is 23.1. The Morgan fingerprint density at radius 1 is 1.35 bits per heavy atom. The molecular formula is C13H18N4O2S. The fraction of sp³-hybridized carbons (Fsp3) is 0.692. The van der Waals surface area contributed by atoms with Gasteiger partial charge in [0.25, 0.3) is 0 Å². The average Bonchev–Trinajstić information content (AvgIpc) is 3.01.